The van der Waals surface area contributed by atoms with Crippen LogP contribution in [0.4, 0.5) is 0 Å². The van der Waals surface area contributed by atoms with Crippen LogP contribution >= 0.6 is 22.9 Å². The number of nitrogens with one attached hydrogen (secondary N) is 2. The average molecular weight is 427 g/mol. The fourth-order valence-corrected chi connectivity index (χ4v) is 5.16. The number of aromatic hydroxyl groups is 1. The summed E-state index contributed by atoms with van der Waals surface area (Å²) in [6, 6.07) is 7.89. The summed E-state index contributed by atoms with van der Waals surface area (Å²) in [5, 5.41) is 11.6. The van der Waals surface area contributed by atoms with E-state index in [0.29, 0.717) is 22.1 Å². The van der Waals surface area contributed by atoms with Crippen molar-refractivity contribution in [2.45, 2.75) is 32.6 Å². The second-order valence-electron chi connectivity index (χ2n) is 7.40. The van der Waals surface area contributed by atoms with Crippen LogP contribution in [0.15, 0.2) is 35.3 Å². The Labute approximate surface area is 175 Å². The lowest BCUT2D eigenvalue weighted by molar-refractivity contribution is 0.451. The molecule has 0 fully saturated rings. The minimum atomic E-state index is -0.254. The Morgan fingerprint density at radius 3 is 2.86 bits per heavy atom. The zero-order valence-corrected chi connectivity index (χ0v) is 17.3. The fraction of sp³-hybridized carbons (Fsp3) is 0.227. The van der Waals surface area contributed by atoms with Crippen molar-refractivity contribution < 1.29 is 9.84 Å². The smallest absolute Gasteiger partial charge is 0.307 e. The molecule has 0 spiro atoms. The summed E-state index contributed by atoms with van der Waals surface area (Å²) in [6.07, 6.45) is 5.34. The quantitative estimate of drug-likeness (QED) is 0.405. The Kier molecular flexibility index (Phi) is 4.41. The van der Waals surface area contributed by atoms with Crippen molar-refractivity contribution in [3.05, 3.63) is 72.3 Å². The number of aromatic nitrogens is 2. The van der Waals surface area contributed by atoms with E-state index in [1.54, 1.807) is 0 Å². The molecule has 0 aliphatic heterocycles. The van der Waals surface area contributed by atoms with Gasteiger partial charge >= 0.3 is 4.87 Å². The molecule has 0 saturated carbocycles. The van der Waals surface area contributed by atoms with Crippen LogP contribution in [0.2, 0.25) is 5.02 Å². The van der Waals surface area contributed by atoms with Crippen molar-refractivity contribution in [3.63, 3.8) is 0 Å². The zero-order valence-electron chi connectivity index (χ0n) is 15.8. The lowest BCUT2D eigenvalue weighted by Crippen LogP contribution is -1.99. The van der Waals surface area contributed by atoms with Crippen LogP contribution in [0.25, 0.3) is 10.9 Å². The van der Waals surface area contributed by atoms with Gasteiger partial charge in [0.15, 0.2) is 0 Å². The highest BCUT2D eigenvalue weighted by atomic mass is 35.5. The molecule has 29 heavy (non-hydrogen) atoms. The third kappa shape index (κ3) is 3.22. The predicted octanol–water partition coefficient (Wildman–Crippen LogP) is 5.46. The van der Waals surface area contributed by atoms with Gasteiger partial charge in [0.1, 0.15) is 11.5 Å². The molecular weight excluding hydrogens is 408 g/mol. The maximum atomic E-state index is 11.5. The number of H-pyrrole nitrogens is 2. The van der Waals surface area contributed by atoms with Crippen LogP contribution in [0, 0.1) is 6.92 Å². The van der Waals surface area contributed by atoms with E-state index >= 15 is 0 Å². The van der Waals surface area contributed by atoms with Gasteiger partial charge in [0.25, 0.3) is 0 Å². The Balaban J connectivity index is 1.54. The number of ether oxygens (including phenoxy) is 1. The number of fused-ring (bicyclic) bond motifs is 2. The Hall–Kier alpha value is -2.70. The van der Waals surface area contributed by atoms with E-state index in [2.05, 4.69) is 16.9 Å². The Morgan fingerprint density at radius 2 is 2.07 bits per heavy atom. The normalized spacial score (nSPS) is 13.2. The van der Waals surface area contributed by atoms with Crippen LogP contribution in [-0.4, -0.2) is 15.1 Å². The minimum absolute atomic E-state index is 0.0571. The van der Waals surface area contributed by atoms with Crippen molar-refractivity contribution in [2.75, 3.05) is 0 Å². The van der Waals surface area contributed by atoms with Gasteiger partial charge in [-0.25, -0.2) is 0 Å². The molecule has 2 aromatic carbocycles. The second-order valence-corrected chi connectivity index (χ2v) is 8.88. The van der Waals surface area contributed by atoms with Gasteiger partial charge in [-0.3, -0.25) is 9.78 Å². The van der Waals surface area contributed by atoms with Crippen molar-refractivity contribution in [1.82, 2.24) is 9.97 Å². The molecule has 5 nitrogen and oxygen atoms in total. The highest BCUT2D eigenvalue weighted by molar-refractivity contribution is 7.09. The summed E-state index contributed by atoms with van der Waals surface area (Å²) < 4.78 is 6.27. The summed E-state index contributed by atoms with van der Waals surface area (Å²) in [5.41, 5.74) is 5.62. The summed E-state index contributed by atoms with van der Waals surface area (Å²) in [6.45, 7) is 2.06. The number of benzene rings is 2. The van der Waals surface area contributed by atoms with Crippen molar-refractivity contribution in [1.29, 1.82) is 0 Å². The first-order valence-electron chi connectivity index (χ1n) is 9.49. The molecule has 0 unspecified atom stereocenters. The van der Waals surface area contributed by atoms with E-state index in [-0.39, 0.29) is 10.8 Å². The lowest BCUT2D eigenvalue weighted by Gasteiger charge is -2.16. The third-order valence-corrected chi connectivity index (χ3v) is 6.68. The van der Waals surface area contributed by atoms with Crippen LogP contribution in [-0.2, 0) is 19.3 Å². The highest BCUT2D eigenvalue weighted by Gasteiger charge is 2.24. The summed E-state index contributed by atoms with van der Waals surface area (Å²) >= 11 is 7.67. The van der Waals surface area contributed by atoms with Crippen molar-refractivity contribution in [2.24, 2.45) is 0 Å². The molecule has 2 heterocycles. The molecular formula is C22H19ClN2O3S. The second kappa shape index (κ2) is 6.97. The molecule has 4 aromatic rings. The molecule has 0 radical (unpaired) electrons. The standard InChI is InChI=1S/C22H19ClN2O3S/c1-11-10-24-18-6-5-13(9-16(11)18)28-20-15-4-2-3-14(15)12(7-17(20)23)8-19-21(26)25-22(27)29-19/h5-7,9-10,24,26H,2-4,8H2,1H3,(H,25,27). The molecule has 1 aliphatic carbocycles. The minimum Gasteiger partial charge on any atom is -0.494 e. The number of hydrogen-bond donors (Lipinski definition) is 3. The van der Waals surface area contributed by atoms with Gasteiger partial charge in [-0.2, -0.15) is 0 Å². The van der Waals surface area contributed by atoms with Crippen molar-refractivity contribution >= 4 is 33.8 Å². The molecule has 0 atom stereocenters. The van der Waals surface area contributed by atoms with Crippen molar-refractivity contribution in [3.8, 4) is 17.4 Å². The van der Waals surface area contributed by atoms with E-state index in [0.717, 1.165) is 58.4 Å². The zero-order chi connectivity index (χ0) is 20.1. The Morgan fingerprint density at radius 1 is 1.24 bits per heavy atom. The van der Waals surface area contributed by atoms with Gasteiger partial charge in [-0.05, 0) is 72.7 Å². The van der Waals surface area contributed by atoms with E-state index in [1.807, 2.05) is 30.5 Å². The number of hydrogen-bond acceptors (Lipinski definition) is 4. The van der Waals surface area contributed by atoms with E-state index in [1.165, 1.54) is 11.1 Å². The van der Waals surface area contributed by atoms with Crippen LogP contribution in [0.5, 0.6) is 17.4 Å². The highest BCUT2D eigenvalue weighted by Crippen LogP contribution is 2.42. The number of rotatable bonds is 4. The molecule has 148 valence electrons. The van der Waals surface area contributed by atoms with E-state index in [9.17, 15) is 9.90 Å². The van der Waals surface area contributed by atoms with E-state index in [4.69, 9.17) is 16.3 Å². The SMILES string of the molecule is Cc1c[nH]c2ccc(Oc3c(Cl)cc(Cc4sc(=O)[nH]c4O)c4c3CCC4)cc12. The number of halogens is 1. The summed E-state index contributed by atoms with van der Waals surface area (Å²) in [4.78, 5) is 17.6. The average Bonchev–Trinajstić information content (AvgIpc) is 3.39. The van der Waals surface area contributed by atoms with Crippen LogP contribution in [0.3, 0.4) is 0 Å². The van der Waals surface area contributed by atoms with Gasteiger partial charge in [0.05, 0.1) is 9.90 Å². The van der Waals surface area contributed by atoms with Crippen LogP contribution < -0.4 is 9.61 Å². The monoisotopic (exact) mass is 426 g/mol. The number of aromatic amines is 2. The Bertz CT molecular complexity index is 1300. The molecule has 0 saturated heterocycles. The number of aryl methyl sites for hydroxylation is 1. The first kappa shape index (κ1) is 18.3. The van der Waals surface area contributed by atoms with Gasteiger partial charge in [0.2, 0.25) is 5.88 Å². The molecule has 3 N–H and O–H groups in total. The lowest BCUT2D eigenvalue weighted by atomic mass is 9.99. The van der Waals surface area contributed by atoms with Gasteiger partial charge in [-0.1, -0.05) is 22.9 Å². The van der Waals surface area contributed by atoms with E-state index < -0.39 is 0 Å². The molecule has 5 rings (SSSR count). The first-order chi connectivity index (χ1) is 14.0. The molecule has 7 heteroatoms. The van der Waals surface area contributed by atoms with Gasteiger partial charge < -0.3 is 14.8 Å². The maximum Gasteiger partial charge on any atom is 0.307 e. The third-order valence-electron chi connectivity index (χ3n) is 5.53. The predicted molar refractivity (Wildman–Crippen MR) is 116 cm³/mol. The summed E-state index contributed by atoms with van der Waals surface area (Å²) in [5.74, 6) is 1.41. The largest absolute Gasteiger partial charge is 0.494 e. The molecule has 1 aliphatic rings. The van der Waals surface area contributed by atoms with Crippen LogP contribution in [0.1, 0.15) is 33.6 Å². The molecule has 0 bridgehead atoms. The topological polar surface area (TPSA) is 78.1 Å². The maximum absolute atomic E-state index is 11.5. The van der Waals surface area contributed by atoms with Gasteiger partial charge in [0, 0.05) is 23.5 Å². The number of thiazole rings is 1. The fourth-order valence-electron chi connectivity index (χ4n) is 4.13. The molecule has 0 amide bonds. The first-order valence-corrected chi connectivity index (χ1v) is 10.7. The molecule has 2 aromatic heterocycles. The van der Waals surface area contributed by atoms with Gasteiger partial charge in [-0.15, -0.1) is 0 Å². The summed E-state index contributed by atoms with van der Waals surface area (Å²) in [7, 11) is 0.